The van der Waals surface area contributed by atoms with Gasteiger partial charge in [0, 0.05) is 45.0 Å². The Morgan fingerprint density at radius 1 is 0.812 bits per heavy atom. The number of aromatic nitrogens is 4. The molecule has 48 heavy (non-hydrogen) atoms. The SMILES string of the molecule is CCN1CCn2c(-c3cnn(C)c3)cnc2C12CCN(S(=O)(=O)CC)CC2.O=C(O)C(F)(F)F.O=C(O)C(F)(F)F.O=C(O)C(F)(F)F. The highest BCUT2D eigenvalue weighted by molar-refractivity contribution is 7.89. The molecule has 274 valence electrons. The van der Waals surface area contributed by atoms with Gasteiger partial charge in [-0.05, 0) is 26.3 Å². The molecule has 1 fully saturated rings. The quantitative estimate of drug-likeness (QED) is 0.392. The Morgan fingerprint density at radius 3 is 1.58 bits per heavy atom. The van der Waals surface area contributed by atoms with E-state index in [1.165, 1.54) is 0 Å². The summed E-state index contributed by atoms with van der Waals surface area (Å²) in [5.74, 6) is -7.03. The molecule has 1 saturated heterocycles. The highest BCUT2D eigenvalue weighted by atomic mass is 32.2. The summed E-state index contributed by atoms with van der Waals surface area (Å²) in [6.45, 7) is 7.79. The van der Waals surface area contributed by atoms with Gasteiger partial charge in [0.05, 0.1) is 29.4 Å². The molecule has 3 N–H and O–H groups in total. The van der Waals surface area contributed by atoms with Gasteiger partial charge in [-0.3, -0.25) is 9.58 Å². The third-order valence-corrected chi connectivity index (χ3v) is 8.77. The van der Waals surface area contributed by atoms with Crippen molar-refractivity contribution in [1.29, 1.82) is 0 Å². The van der Waals surface area contributed by atoms with E-state index >= 15 is 0 Å². The topological polar surface area (TPSA) is 188 Å². The highest BCUT2D eigenvalue weighted by Gasteiger charge is 2.48. The number of sulfonamides is 1. The number of aryl methyl sites for hydroxylation is 1. The van der Waals surface area contributed by atoms with E-state index in [9.17, 15) is 47.9 Å². The van der Waals surface area contributed by atoms with Crippen LogP contribution < -0.4 is 0 Å². The summed E-state index contributed by atoms with van der Waals surface area (Å²) in [4.78, 5) is 34.0. The van der Waals surface area contributed by atoms with E-state index < -0.39 is 46.5 Å². The normalized spacial score (nSPS) is 16.7. The molecule has 2 aliphatic rings. The van der Waals surface area contributed by atoms with Crippen molar-refractivity contribution < 1.29 is 77.6 Å². The first kappa shape index (κ1) is 42.1. The number of hydrogen-bond donors (Lipinski definition) is 3. The number of alkyl halides is 9. The fourth-order valence-electron chi connectivity index (χ4n) is 4.65. The highest BCUT2D eigenvalue weighted by Crippen LogP contribution is 2.42. The maximum Gasteiger partial charge on any atom is 0.490 e. The van der Waals surface area contributed by atoms with Crippen molar-refractivity contribution in [2.24, 2.45) is 7.05 Å². The Balaban J connectivity index is 0.000000448. The first-order valence-corrected chi connectivity index (χ1v) is 15.0. The summed E-state index contributed by atoms with van der Waals surface area (Å²) in [6.07, 6.45) is -7.85. The van der Waals surface area contributed by atoms with Crippen LogP contribution in [-0.2, 0) is 43.5 Å². The van der Waals surface area contributed by atoms with Crippen LogP contribution in [0.15, 0.2) is 18.6 Å². The predicted molar refractivity (Wildman–Crippen MR) is 145 cm³/mol. The molecular formula is C24H31F9N6O8S. The molecule has 0 saturated carbocycles. The van der Waals surface area contributed by atoms with Crippen LogP contribution in [0.1, 0.15) is 32.5 Å². The van der Waals surface area contributed by atoms with E-state index in [2.05, 4.69) is 21.5 Å². The average molecular weight is 735 g/mol. The minimum absolute atomic E-state index is 0.164. The molecule has 0 atom stereocenters. The molecule has 4 heterocycles. The van der Waals surface area contributed by atoms with Gasteiger partial charge in [-0.25, -0.2) is 32.1 Å². The zero-order chi connectivity index (χ0) is 37.5. The molecule has 0 bridgehead atoms. The molecule has 24 heteroatoms. The third-order valence-electron chi connectivity index (χ3n) is 6.89. The number of imidazole rings is 1. The van der Waals surface area contributed by atoms with Crippen LogP contribution in [0.25, 0.3) is 11.3 Å². The minimum Gasteiger partial charge on any atom is -0.475 e. The fraction of sp³-hybridized carbons (Fsp3) is 0.625. The monoisotopic (exact) mass is 734 g/mol. The van der Waals surface area contributed by atoms with Crippen LogP contribution in [0.5, 0.6) is 0 Å². The lowest BCUT2D eigenvalue weighted by atomic mass is 9.84. The van der Waals surface area contributed by atoms with Gasteiger partial charge in [-0.15, -0.1) is 0 Å². The van der Waals surface area contributed by atoms with Crippen molar-refractivity contribution in [3.05, 3.63) is 24.4 Å². The zero-order valence-corrected chi connectivity index (χ0v) is 26.1. The lowest BCUT2D eigenvalue weighted by molar-refractivity contribution is -0.193. The smallest absolute Gasteiger partial charge is 0.475 e. The van der Waals surface area contributed by atoms with Crippen LogP contribution in [0, 0.1) is 0 Å². The molecule has 0 amide bonds. The van der Waals surface area contributed by atoms with Gasteiger partial charge in [0.15, 0.2) is 0 Å². The predicted octanol–water partition coefficient (Wildman–Crippen LogP) is 3.16. The number of carbonyl (C=O) groups is 3. The minimum atomic E-state index is -5.08. The zero-order valence-electron chi connectivity index (χ0n) is 25.3. The van der Waals surface area contributed by atoms with Crippen LogP contribution >= 0.6 is 0 Å². The Morgan fingerprint density at radius 2 is 1.25 bits per heavy atom. The Bertz CT molecular complexity index is 1460. The Hall–Kier alpha value is -3.93. The van der Waals surface area contributed by atoms with Gasteiger partial charge in [0.2, 0.25) is 10.0 Å². The number of carboxylic acids is 3. The van der Waals surface area contributed by atoms with E-state index in [4.69, 9.17) is 34.7 Å². The van der Waals surface area contributed by atoms with Gasteiger partial charge in [-0.1, -0.05) is 6.92 Å². The van der Waals surface area contributed by atoms with E-state index in [0.29, 0.717) is 13.1 Å². The first-order chi connectivity index (χ1) is 21.7. The van der Waals surface area contributed by atoms with Crippen molar-refractivity contribution in [2.75, 3.05) is 31.9 Å². The number of aliphatic carboxylic acids is 3. The summed E-state index contributed by atoms with van der Waals surface area (Å²) >= 11 is 0. The molecule has 0 unspecified atom stereocenters. The van der Waals surface area contributed by atoms with Crippen LogP contribution in [0.3, 0.4) is 0 Å². The number of piperidine rings is 1. The van der Waals surface area contributed by atoms with Crippen LogP contribution in [0.4, 0.5) is 39.5 Å². The first-order valence-electron chi connectivity index (χ1n) is 13.4. The number of hydrogen-bond acceptors (Lipinski definition) is 8. The van der Waals surface area contributed by atoms with Crippen molar-refractivity contribution >= 4 is 27.9 Å². The lowest BCUT2D eigenvalue weighted by Gasteiger charge is -2.50. The van der Waals surface area contributed by atoms with E-state index in [1.807, 2.05) is 25.6 Å². The molecule has 14 nitrogen and oxygen atoms in total. The molecule has 2 aliphatic heterocycles. The lowest BCUT2D eigenvalue weighted by Crippen LogP contribution is -2.58. The third kappa shape index (κ3) is 11.1. The van der Waals surface area contributed by atoms with Crippen LogP contribution in [-0.4, -0.2) is 121 Å². The van der Waals surface area contributed by atoms with Crippen molar-refractivity contribution in [3.8, 4) is 11.3 Å². The summed E-state index contributed by atoms with van der Waals surface area (Å²) < 4.78 is 126. The molecule has 0 aliphatic carbocycles. The molecular weight excluding hydrogens is 703 g/mol. The molecule has 0 aromatic carbocycles. The number of halogens is 9. The molecule has 4 rings (SSSR count). The summed E-state index contributed by atoms with van der Waals surface area (Å²) in [7, 11) is -1.22. The average Bonchev–Trinajstić information content (AvgIpc) is 3.59. The van der Waals surface area contributed by atoms with Crippen molar-refractivity contribution in [3.63, 3.8) is 0 Å². The molecule has 0 radical (unpaired) electrons. The number of rotatable bonds is 4. The molecule has 2 aromatic rings. The standard InChI is InChI=1S/C18H28N6O2S.3C2HF3O2/c1-4-22-10-11-24-16(15-12-20-21(3)14-15)13-19-17(24)18(22)6-8-23(9-7-18)27(25,26)5-2;3*3-2(4,5)1(6)7/h12-14H,4-11H2,1-3H3;3*(H,6,7). The second-order valence-corrected chi connectivity index (χ2v) is 12.1. The largest absolute Gasteiger partial charge is 0.490 e. The van der Waals surface area contributed by atoms with Gasteiger partial charge >= 0.3 is 36.4 Å². The maximum atomic E-state index is 12.3. The van der Waals surface area contributed by atoms with Gasteiger partial charge in [-0.2, -0.15) is 44.6 Å². The van der Waals surface area contributed by atoms with Crippen LogP contribution in [0.2, 0.25) is 0 Å². The Labute approximate surface area is 266 Å². The maximum absolute atomic E-state index is 12.3. The van der Waals surface area contributed by atoms with E-state index in [1.54, 1.807) is 15.9 Å². The number of fused-ring (bicyclic) bond motifs is 2. The second-order valence-electron chi connectivity index (χ2n) is 9.84. The number of likely N-dealkylation sites (N-methyl/N-ethyl adjacent to an activating group) is 1. The number of nitrogens with zero attached hydrogens (tertiary/aromatic N) is 6. The van der Waals surface area contributed by atoms with Gasteiger partial charge < -0.3 is 19.9 Å². The number of carboxylic acid groups (broad SMARTS) is 3. The summed E-state index contributed by atoms with van der Waals surface area (Å²) in [5, 5.41) is 25.7. The van der Waals surface area contributed by atoms with Crippen molar-refractivity contribution in [2.45, 2.75) is 57.3 Å². The van der Waals surface area contributed by atoms with Gasteiger partial charge in [0.25, 0.3) is 0 Å². The molecule has 2 aromatic heterocycles. The second kappa shape index (κ2) is 16.0. The van der Waals surface area contributed by atoms with E-state index in [0.717, 1.165) is 49.6 Å². The van der Waals surface area contributed by atoms with E-state index in [-0.39, 0.29) is 11.3 Å². The summed E-state index contributed by atoms with van der Waals surface area (Å²) in [5.41, 5.74) is 1.98. The molecule has 1 spiro atoms. The fourth-order valence-corrected chi connectivity index (χ4v) is 5.76. The Kier molecular flexibility index (Phi) is 14.0. The summed E-state index contributed by atoms with van der Waals surface area (Å²) in [6, 6.07) is 0. The van der Waals surface area contributed by atoms with Crippen molar-refractivity contribution in [1.82, 2.24) is 28.5 Å². The van der Waals surface area contributed by atoms with Gasteiger partial charge in [0.1, 0.15) is 5.82 Å².